The molecular weight excluding hydrogens is 662 g/mol. The molecule has 50 heavy (non-hydrogen) atoms. The number of carboxylic acids is 1. The Labute approximate surface area is 282 Å². The molecule has 6 rings (SSSR count). The molecule has 0 spiro atoms. The third-order valence-corrected chi connectivity index (χ3v) is 9.33. The normalized spacial score (nSPS) is 25.9. The van der Waals surface area contributed by atoms with Gasteiger partial charge < -0.3 is 60.4 Å². The van der Waals surface area contributed by atoms with E-state index in [2.05, 4.69) is 5.32 Å². The van der Waals surface area contributed by atoms with E-state index in [-0.39, 0.29) is 39.1 Å². The van der Waals surface area contributed by atoms with Crippen molar-refractivity contribution >= 4 is 23.4 Å². The summed E-state index contributed by atoms with van der Waals surface area (Å²) in [4.78, 5) is 52.5. The van der Waals surface area contributed by atoms with Gasteiger partial charge in [-0.2, -0.15) is 0 Å². The summed E-state index contributed by atoms with van der Waals surface area (Å²) >= 11 is 0. The van der Waals surface area contributed by atoms with Crippen LogP contribution in [0.2, 0.25) is 0 Å². The van der Waals surface area contributed by atoms with Gasteiger partial charge in [-0.1, -0.05) is 6.07 Å². The van der Waals surface area contributed by atoms with Gasteiger partial charge in [0.05, 0.1) is 29.9 Å². The summed E-state index contributed by atoms with van der Waals surface area (Å²) in [6.07, 6.45) is -11.3. The van der Waals surface area contributed by atoms with Crippen LogP contribution in [0.15, 0.2) is 24.3 Å². The number of methoxy groups -OCH3 is 1. The van der Waals surface area contributed by atoms with E-state index < -0.39 is 112 Å². The largest absolute Gasteiger partial charge is 0.507 e. The SMILES string of the molecule is COc1cc(O)c2c(c1)C(=O)c1c(cc3c(c1O)-c1c(cc(C)c(C(=O)NC(C)C(=O)O)c1O)[C@H](O[C@@H]1O[C@H](C)[C@H](O)[C@H](O)[C@H]1O)[C@H]3O)C2=O. The number of hydrogen-bond acceptors (Lipinski definition) is 14. The van der Waals surface area contributed by atoms with Gasteiger partial charge in [-0.05, 0) is 49.6 Å². The molecule has 1 amide bonds. The van der Waals surface area contributed by atoms with E-state index in [9.17, 15) is 60.0 Å². The van der Waals surface area contributed by atoms with Crippen LogP contribution in [0.1, 0.15) is 84.9 Å². The molecule has 3 aromatic carbocycles. The van der Waals surface area contributed by atoms with Gasteiger partial charge in [-0.3, -0.25) is 19.2 Å². The van der Waals surface area contributed by atoms with Crippen LogP contribution in [0.3, 0.4) is 0 Å². The number of carboxylic acid groups (broad SMARTS) is 1. The highest BCUT2D eigenvalue weighted by atomic mass is 16.7. The lowest BCUT2D eigenvalue weighted by Gasteiger charge is -2.42. The number of carbonyl (C=O) groups is 4. The lowest BCUT2D eigenvalue weighted by molar-refractivity contribution is -0.312. The number of hydrogen-bond donors (Lipinski definition) is 9. The number of aliphatic carboxylic acids is 1. The molecule has 16 nitrogen and oxygen atoms in total. The van der Waals surface area contributed by atoms with Crippen molar-refractivity contribution in [2.75, 3.05) is 7.11 Å². The number of aromatic hydroxyl groups is 3. The number of ether oxygens (including phenoxy) is 3. The first-order valence-electron chi connectivity index (χ1n) is 15.3. The van der Waals surface area contributed by atoms with Crippen LogP contribution in [0.25, 0.3) is 11.1 Å². The van der Waals surface area contributed by atoms with Gasteiger partial charge in [-0.15, -0.1) is 0 Å². The molecule has 1 unspecified atom stereocenters. The van der Waals surface area contributed by atoms with Crippen LogP contribution in [0.4, 0.5) is 0 Å². The van der Waals surface area contributed by atoms with E-state index in [4.69, 9.17) is 14.2 Å². The number of nitrogens with one attached hydrogen (secondary N) is 1. The molecule has 3 aromatic rings. The fourth-order valence-corrected chi connectivity index (χ4v) is 6.68. The second-order valence-electron chi connectivity index (χ2n) is 12.4. The first-order chi connectivity index (χ1) is 23.5. The van der Waals surface area contributed by atoms with Crippen molar-refractivity contribution in [3.63, 3.8) is 0 Å². The monoisotopic (exact) mass is 695 g/mol. The zero-order chi connectivity index (χ0) is 36.7. The molecule has 2 aliphatic carbocycles. The molecule has 3 aliphatic rings. The zero-order valence-electron chi connectivity index (χ0n) is 26.9. The molecular formula is C34H33NO15. The van der Waals surface area contributed by atoms with Gasteiger partial charge in [-0.25, -0.2) is 0 Å². The fraction of sp³-hybridized carbons (Fsp3) is 0.353. The molecule has 0 saturated carbocycles. The number of aliphatic hydroxyl groups is 4. The number of ketones is 2. The third-order valence-electron chi connectivity index (χ3n) is 9.33. The molecule has 1 fully saturated rings. The Bertz CT molecular complexity index is 1990. The van der Waals surface area contributed by atoms with Gasteiger partial charge in [0.1, 0.15) is 59.6 Å². The summed E-state index contributed by atoms with van der Waals surface area (Å²) in [6.45, 7) is 3.97. The summed E-state index contributed by atoms with van der Waals surface area (Å²) in [5.41, 5.74) is -3.19. The number of aliphatic hydroxyl groups excluding tert-OH is 4. The zero-order valence-corrected chi connectivity index (χ0v) is 26.9. The topological polar surface area (TPSA) is 270 Å². The Morgan fingerprint density at radius 2 is 1.46 bits per heavy atom. The van der Waals surface area contributed by atoms with E-state index >= 15 is 0 Å². The standard InChI is InChI=1S/C34H33NO15/c1-9-5-16-21(27(41)18(9)32(45)35-10(2)33(46)47)20-14(26(40)31(16)50-34-30(44)29(43)23(37)11(3)49-34)8-15-22(28(20)42)25(39)13-6-12(48-4)7-17(36)19(13)24(15)38/h5-8,10-11,23,26,29-31,34,36-37,40-44H,1-4H3,(H,35,45)(H,46,47)/t10?,11-,23+,26+,29+,30-,31+,34+/m1/s1. The van der Waals surface area contributed by atoms with Crippen LogP contribution in [-0.2, 0) is 14.3 Å². The number of phenolic OH excluding ortho intramolecular Hbond substituents is 3. The number of phenols is 3. The number of benzene rings is 3. The highest BCUT2D eigenvalue weighted by molar-refractivity contribution is 6.31. The molecule has 1 heterocycles. The summed E-state index contributed by atoms with van der Waals surface area (Å²) in [6, 6.07) is 3.27. The molecule has 0 radical (unpaired) electrons. The van der Waals surface area contributed by atoms with Gasteiger partial charge in [0.15, 0.2) is 17.9 Å². The van der Waals surface area contributed by atoms with Crippen molar-refractivity contribution in [1.82, 2.24) is 5.32 Å². The number of amides is 1. The maximum absolute atomic E-state index is 13.9. The summed E-state index contributed by atoms with van der Waals surface area (Å²) in [5.74, 6) is -6.50. The Morgan fingerprint density at radius 3 is 2.10 bits per heavy atom. The molecule has 1 aliphatic heterocycles. The Hall–Kier alpha value is -5.10. The van der Waals surface area contributed by atoms with Gasteiger partial charge in [0, 0.05) is 28.3 Å². The fourth-order valence-electron chi connectivity index (χ4n) is 6.68. The smallest absolute Gasteiger partial charge is 0.325 e. The third kappa shape index (κ3) is 5.15. The van der Waals surface area contributed by atoms with Crippen LogP contribution in [0.5, 0.6) is 23.0 Å². The van der Waals surface area contributed by atoms with Crippen LogP contribution in [-0.4, -0.2) is 108 Å². The van der Waals surface area contributed by atoms with Crippen LogP contribution in [0, 0.1) is 6.92 Å². The van der Waals surface area contributed by atoms with Gasteiger partial charge in [0.2, 0.25) is 0 Å². The minimum atomic E-state index is -1.84. The van der Waals surface area contributed by atoms with Crippen molar-refractivity contribution < 1.29 is 74.2 Å². The average molecular weight is 696 g/mol. The summed E-state index contributed by atoms with van der Waals surface area (Å²) in [5, 5.41) is 89.0. The lowest BCUT2D eigenvalue weighted by Crippen LogP contribution is -2.57. The minimum absolute atomic E-state index is 0.0301. The molecule has 9 N–H and O–H groups in total. The second kappa shape index (κ2) is 12.3. The quantitative estimate of drug-likeness (QED) is 0.134. The van der Waals surface area contributed by atoms with Gasteiger partial charge in [0.25, 0.3) is 5.91 Å². The highest BCUT2D eigenvalue weighted by Gasteiger charge is 2.48. The van der Waals surface area contributed by atoms with Crippen LogP contribution < -0.4 is 10.1 Å². The van der Waals surface area contributed by atoms with Crippen molar-refractivity contribution in [1.29, 1.82) is 0 Å². The first kappa shape index (κ1) is 34.8. The second-order valence-corrected chi connectivity index (χ2v) is 12.4. The highest BCUT2D eigenvalue weighted by Crippen LogP contribution is 2.57. The molecule has 0 aromatic heterocycles. The van der Waals surface area contributed by atoms with E-state index in [0.717, 1.165) is 12.1 Å². The summed E-state index contributed by atoms with van der Waals surface area (Å²) in [7, 11) is 1.27. The maximum atomic E-state index is 13.9. The van der Waals surface area contributed by atoms with E-state index in [0.29, 0.717) is 0 Å². The van der Waals surface area contributed by atoms with Crippen LogP contribution >= 0.6 is 0 Å². The molecule has 264 valence electrons. The Balaban J connectivity index is 1.60. The van der Waals surface area contributed by atoms with Crippen molar-refractivity contribution in [3.05, 3.63) is 68.8 Å². The minimum Gasteiger partial charge on any atom is -0.507 e. The number of carbonyl (C=O) groups excluding carboxylic acids is 3. The summed E-state index contributed by atoms with van der Waals surface area (Å²) < 4.78 is 16.7. The van der Waals surface area contributed by atoms with Crippen molar-refractivity contribution in [2.24, 2.45) is 0 Å². The van der Waals surface area contributed by atoms with Gasteiger partial charge >= 0.3 is 5.97 Å². The van der Waals surface area contributed by atoms with Crippen molar-refractivity contribution in [2.45, 2.75) is 69.7 Å². The Morgan fingerprint density at radius 1 is 0.840 bits per heavy atom. The van der Waals surface area contributed by atoms with Crippen molar-refractivity contribution in [3.8, 4) is 34.1 Å². The number of rotatable bonds is 6. The van der Waals surface area contributed by atoms with E-state index in [1.54, 1.807) is 0 Å². The number of aryl methyl sites for hydroxylation is 1. The molecule has 8 atom stereocenters. The predicted molar refractivity (Wildman–Crippen MR) is 167 cm³/mol. The molecule has 16 heteroatoms. The Kier molecular flexibility index (Phi) is 8.58. The average Bonchev–Trinajstić information content (AvgIpc) is 3.06. The van der Waals surface area contributed by atoms with E-state index in [1.165, 1.54) is 40.0 Å². The predicted octanol–water partition coefficient (Wildman–Crippen LogP) is 0.698. The first-order valence-corrected chi connectivity index (χ1v) is 15.3. The molecule has 1 saturated heterocycles. The number of fused-ring (bicyclic) bond motifs is 5. The molecule has 0 bridgehead atoms. The maximum Gasteiger partial charge on any atom is 0.325 e. The lowest BCUT2D eigenvalue weighted by atomic mass is 9.74. The van der Waals surface area contributed by atoms with E-state index in [1.807, 2.05) is 0 Å².